The first-order valence-electron chi connectivity index (χ1n) is 9.54. The van der Waals surface area contributed by atoms with E-state index in [0.29, 0.717) is 6.07 Å². The third-order valence-electron chi connectivity index (χ3n) is 5.12. The molecule has 186 valence electrons. The molecule has 0 atom stereocenters. The molecular weight excluding hydrogens is 520 g/mol. The fourth-order valence-corrected chi connectivity index (χ4v) is 4.93. The zero-order chi connectivity index (χ0) is 26.6. The van der Waals surface area contributed by atoms with Crippen LogP contribution in [-0.2, 0) is 20.2 Å². The van der Waals surface area contributed by atoms with Gasteiger partial charge >= 0.3 is 0 Å². The number of rotatable bonds is 5. The minimum atomic E-state index is -5.15. The summed E-state index contributed by atoms with van der Waals surface area (Å²) in [6.07, 6.45) is 0. The third kappa shape index (κ3) is 4.36. The van der Waals surface area contributed by atoms with Crippen molar-refractivity contribution in [1.29, 1.82) is 0 Å². The van der Waals surface area contributed by atoms with Crippen molar-refractivity contribution in [3.63, 3.8) is 0 Å². The molecule has 0 aliphatic carbocycles. The lowest BCUT2D eigenvalue weighted by atomic mass is 10.1. The summed E-state index contributed by atoms with van der Waals surface area (Å²) in [6, 6.07) is 8.66. The number of aromatic hydroxyl groups is 2. The Bertz CT molecular complexity index is 1850. The molecule has 6 N–H and O–H groups in total. The normalized spacial score (nSPS) is 12.5. The number of hydrogen-bond donors (Lipinski definition) is 5. The lowest BCUT2D eigenvalue weighted by Crippen LogP contribution is -2.04. The van der Waals surface area contributed by atoms with Crippen molar-refractivity contribution < 1.29 is 41.1 Å². The van der Waals surface area contributed by atoms with Gasteiger partial charge in [-0.3, -0.25) is 19.2 Å². The molecule has 0 radical (unpaired) electrons. The fourth-order valence-electron chi connectivity index (χ4n) is 3.55. The Balaban J connectivity index is 2.03. The number of benzene rings is 4. The zero-order valence-corrected chi connectivity index (χ0v) is 19.2. The summed E-state index contributed by atoms with van der Waals surface area (Å²) < 4.78 is 66.9. The van der Waals surface area contributed by atoms with Crippen LogP contribution in [0.15, 0.2) is 68.6 Å². The van der Waals surface area contributed by atoms with E-state index < -0.39 is 57.5 Å². The van der Waals surface area contributed by atoms with Crippen molar-refractivity contribution in [3.8, 4) is 11.5 Å². The van der Waals surface area contributed by atoms with Crippen molar-refractivity contribution in [2.45, 2.75) is 9.79 Å². The van der Waals surface area contributed by atoms with Crippen LogP contribution in [0.5, 0.6) is 11.5 Å². The van der Waals surface area contributed by atoms with E-state index in [1.807, 2.05) is 0 Å². The van der Waals surface area contributed by atoms with E-state index in [2.05, 4.69) is 10.2 Å². The first-order valence-corrected chi connectivity index (χ1v) is 12.4. The second kappa shape index (κ2) is 8.38. The van der Waals surface area contributed by atoms with Gasteiger partial charge in [0.2, 0.25) is 0 Å². The lowest BCUT2D eigenvalue weighted by molar-refractivity contribution is -0.384. The Morgan fingerprint density at radius 2 is 1.42 bits per heavy atom. The topological polar surface area (TPSA) is 243 Å². The monoisotopic (exact) mass is 534 g/mol. The van der Waals surface area contributed by atoms with Crippen molar-refractivity contribution in [3.05, 3.63) is 58.6 Å². The predicted octanol–water partition coefficient (Wildman–Crippen LogP) is 3.80. The van der Waals surface area contributed by atoms with Gasteiger partial charge in [-0.15, -0.1) is 10.2 Å². The fraction of sp³-hybridized carbons (Fsp3) is 0. The van der Waals surface area contributed by atoms with Gasteiger partial charge < -0.3 is 15.9 Å². The molecule has 0 amide bonds. The van der Waals surface area contributed by atoms with E-state index in [9.17, 15) is 46.3 Å². The summed E-state index contributed by atoms with van der Waals surface area (Å²) in [5.41, 5.74) is 4.10. The molecule has 0 heterocycles. The number of phenolic OH excluding ortho intramolecular Hbond substituents is 2. The molecule has 4 rings (SSSR count). The Morgan fingerprint density at radius 1 is 0.778 bits per heavy atom. The van der Waals surface area contributed by atoms with Gasteiger partial charge in [0.15, 0.2) is 5.75 Å². The summed E-state index contributed by atoms with van der Waals surface area (Å²) in [6.45, 7) is 0. The molecule has 0 bridgehead atoms. The number of nitrogen functional groups attached to an aromatic ring is 1. The molecule has 16 heteroatoms. The van der Waals surface area contributed by atoms with E-state index in [0.717, 1.165) is 24.3 Å². The van der Waals surface area contributed by atoms with Crippen LogP contribution in [-0.4, -0.2) is 41.1 Å². The second-order valence-corrected chi connectivity index (χ2v) is 10.2. The molecule has 0 unspecified atom stereocenters. The van der Waals surface area contributed by atoms with Crippen molar-refractivity contribution in [1.82, 2.24) is 0 Å². The number of nitrogens with zero attached hydrogens (tertiary/aromatic N) is 3. The lowest BCUT2D eigenvalue weighted by Gasteiger charge is -2.12. The van der Waals surface area contributed by atoms with Crippen LogP contribution in [0.1, 0.15) is 0 Å². The van der Waals surface area contributed by atoms with Crippen molar-refractivity contribution in [2.24, 2.45) is 10.2 Å². The van der Waals surface area contributed by atoms with Gasteiger partial charge in [-0.25, -0.2) is 0 Å². The number of phenols is 2. The van der Waals surface area contributed by atoms with Gasteiger partial charge in [0.05, 0.1) is 4.92 Å². The average molecular weight is 534 g/mol. The van der Waals surface area contributed by atoms with Crippen LogP contribution in [0.25, 0.3) is 21.5 Å². The molecule has 0 aliphatic heterocycles. The molecule has 4 aromatic carbocycles. The number of azo groups is 1. The minimum Gasteiger partial charge on any atom is -0.506 e. The van der Waals surface area contributed by atoms with Crippen molar-refractivity contribution >= 4 is 64.5 Å². The first kappa shape index (κ1) is 24.7. The third-order valence-corrected chi connectivity index (χ3v) is 6.88. The quantitative estimate of drug-likeness (QED) is 0.0810. The van der Waals surface area contributed by atoms with Gasteiger partial charge in [0, 0.05) is 34.0 Å². The SMILES string of the molecule is Nc1cc(S(=O)(=O)O)c2cc(S(=O)(=O)O)c(N=Nc3c(O)ccc4cc([N+](=O)[O-])ccc34)c(O)c2c1. The van der Waals surface area contributed by atoms with Gasteiger partial charge in [0.25, 0.3) is 25.9 Å². The van der Waals surface area contributed by atoms with Crippen LogP contribution in [0, 0.1) is 10.1 Å². The number of anilines is 1. The van der Waals surface area contributed by atoms with Crippen LogP contribution < -0.4 is 5.73 Å². The maximum atomic E-state index is 12.1. The molecule has 14 nitrogen and oxygen atoms in total. The summed E-state index contributed by atoms with van der Waals surface area (Å²) in [4.78, 5) is 8.50. The van der Waals surface area contributed by atoms with Crippen LogP contribution in [0.3, 0.4) is 0 Å². The molecule has 0 saturated carbocycles. The highest BCUT2D eigenvalue weighted by atomic mass is 32.2. The molecular formula is C20H14N4O10S2. The number of nitrogens with two attached hydrogens (primary N) is 1. The molecule has 0 aromatic heterocycles. The van der Waals surface area contributed by atoms with E-state index >= 15 is 0 Å². The van der Waals surface area contributed by atoms with Gasteiger partial charge in [-0.05, 0) is 35.7 Å². The molecule has 0 spiro atoms. The summed E-state index contributed by atoms with van der Waals surface area (Å²) in [5, 5.41) is 39.1. The summed E-state index contributed by atoms with van der Waals surface area (Å²) >= 11 is 0. The van der Waals surface area contributed by atoms with Crippen molar-refractivity contribution in [2.75, 3.05) is 5.73 Å². The smallest absolute Gasteiger partial charge is 0.296 e. The van der Waals surface area contributed by atoms with Crippen LogP contribution in [0.4, 0.5) is 22.7 Å². The summed E-state index contributed by atoms with van der Waals surface area (Å²) in [5.74, 6) is -1.41. The number of nitro benzene ring substituents is 1. The maximum absolute atomic E-state index is 12.1. The van der Waals surface area contributed by atoms with E-state index in [1.165, 1.54) is 18.2 Å². The standard InChI is InChI=1S/C20H14N4O10S2/c21-10-6-14-13(16(7-10)35(29,30)31)8-17(36(32,33)34)19(20(14)26)23-22-18-12-3-2-11(24(27)28)5-9(12)1-4-15(18)25/h1-8,25-26H,21H2,(H,29,30,31)(H,32,33,34). The number of fused-ring (bicyclic) bond motifs is 2. The van der Waals surface area contributed by atoms with Gasteiger partial charge in [-0.2, -0.15) is 16.8 Å². The van der Waals surface area contributed by atoms with Gasteiger partial charge in [-0.1, -0.05) is 6.07 Å². The Labute approximate surface area is 201 Å². The largest absolute Gasteiger partial charge is 0.506 e. The van der Waals surface area contributed by atoms with E-state index in [1.54, 1.807) is 0 Å². The van der Waals surface area contributed by atoms with Gasteiger partial charge in [0.1, 0.15) is 26.9 Å². The second-order valence-electron chi connectivity index (χ2n) is 7.43. The molecule has 4 aromatic rings. The molecule has 36 heavy (non-hydrogen) atoms. The Kier molecular flexibility index (Phi) is 5.76. The Hall–Kier alpha value is -4.38. The number of nitro groups is 1. The molecule has 0 aliphatic rings. The number of hydrogen-bond acceptors (Lipinski definition) is 11. The van der Waals surface area contributed by atoms with Crippen LogP contribution >= 0.6 is 0 Å². The van der Waals surface area contributed by atoms with E-state index in [-0.39, 0.29) is 33.2 Å². The summed E-state index contributed by atoms with van der Waals surface area (Å²) in [7, 11) is -10.1. The Morgan fingerprint density at radius 3 is 2.03 bits per heavy atom. The highest BCUT2D eigenvalue weighted by Crippen LogP contribution is 2.45. The van der Waals surface area contributed by atoms with E-state index in [4.69, 9.17) is 5.73 Å². The highest BCUT2D eigenvalue weighted by molar-refractivity contribution is 7.86. The molecule has 0 fully saturated rings. The minimum absolute atomic E-state index is 0.177. The zero-order valence-electron chi connectivity index (χ0n) is 17.6. The first-order chi connectivity index (χ1) is 16.7. The maximum Gasteiger partial charge on any atom is 0.296 e. The average Bonchev–Trinajstić information content (AvgIpc) is 2.77. The highest BCUT2D eigenvalue weighted by Gasteiger charge is 2.26. The predicted molar refractivity (Wildman–Crippen MR) is 126 cm³/mol. The number of non-ortho nitro benzene ring substituents is 1. The van der Waals surface area contributed by atoms with Crippen LogP contribution in [0.2, 0.25) is 0 Å². The molecule has 0 saturated heterocycles.